The van der Waals surface area contributed by atoms with Crippen LogP contribution in [0.15, 0.2) is 163 Å². The van der Waals surface area contributed by atoms with Gasteiger partial charge in [-0.3, -0.25) is 0 Å². The van der Waals surface area contributed by atoms with Crippen LogP contribution in [0.5, 0.6) is 46.7 Å². The zero-order valence-electron chi connectivity index (χ0n) is 90.9. The Morgan fingerprint density at radius 3 is 0.855 bits per heavy atom. The van der Waals surface area contributed by atoms with Gasteiger partial charge >= 0.3 is 30.9 Å². The monoisotopic (exact) mass is 2070 g/mol. The normalized spacial score (nSPS) is 15.9. The van der Waals surface area contributed by atoms with E-state index in [2.05, 4.69) is 172 Å². The SMILES string of the molecule is CC(C)(C)C1=CCC(OCC(F)(F)F)=C1.CC(C)(C)C1=CCC(OCC2CC2)=C1.CC(C)(C)c1cc(OCC(F)(F)F)c[nH]1.CC(C)(C)c1cc(OCC(F)(F)F)co1.CC(C)(C)c1cc(OCC2CC2)c[nH]1.CC(C)(C)c1cc(OCC2CC2)co1.CC(C)(C)c1ccc(OCC(F)(F)F)[nH]1.CC(C)(C)c1ccc(OCC2CC2)[nH]1.CC(C)(C)c1coc(OCC(F)(F)F)c1.CC(C)(C)c1coc(OCC2CC2)c1. The molecule has 7 aliphatic rings. The first kappa shape index (κ1) is 124. The zero-order chi connectivity index (χ0) is 109. The summed E-state index contributed by atoms with van der Waals surface area (Å²) in [6.45, 7) is 60.2. The molecule has 8 aromatic rings. The first-order valence-electron chi connectivity index (χ1n) is 49.8. The minimum absolute atomic E-state index is 0.0384. The highest BCUT2D eigenvalue weighted by atomic mass is 19.4. The van der Waals surface area contributed by atoms with Crippen molar-refractivity contribution in [3.8, 4) is 46.7 Å². The van der Waals surface area contributed by atoms with E-state index in [1.165, 1.54) is 129 Å². The van der Waals surface area contributed by atoms with E-state index in [0.717, 1.165) is 115 Å². The molecule has 18 nitrogen and oxygen atoms in total. The van der Waals surface area contributed by atoms with Gasteiger partial charge in [-0.15, -0.1) is 0 Å². The Hall–Kier alpha value is -9.85. The Labute approximate surface area is 849 Å². The number of hydrogen-bond donors (Lipinski definition) is 4. The summed E-state index contributed by atoms with van der Waals surface area (Å²) in [5.74, 6) is 11.0. The maximum absolute atomic E-state index is 11.9. The molecule has 820 valence electrons. The van der Waals surface area contributed by atoms with Gasteiger partial charge in [0, 0.05) is 117 Å². The second-order valence-electron chi connectivity index (χ2n) is 48.3. The minimum atomic E-state index is -4.34. The van der Waals surface area contributed by atoms with Crippen LogP contribution >= 0.6 is 0 Å². The molecular formula is C112H163F15N4O14. The van der Waals surface area contributed by atoms with Crippen molar-refractivity contribution in [2.75, 3.05) is 66.1 Å². The van der Waals surface area contributed by atoms with Crippen LogP contribution in [-0.4, -0.2) is 117 Å². The number of aromatic nitrogens is 4. The van der Waals surface area contributed by atoms with Crippen molar-refractivity contribution < 1.29 is 131 Å². The fourth-order valence-electron chi connectivity index (χ4n) is 12.3. The van der Waals surface area contributed by atoms with E-state index >= 15 is 0 Å². The number of rotatable bonds is 25. The van der Waals surface area contributed by atoms with E-state index in [-0.39, 0.29) is 77.5 Å². The number of aromatic amines is 4. The summed E-state index contributed by atoms with van der Waals surface area (Å²) in [6, 6.07) is 18.0. The van der Waals surface area contributed by atoms with Gasteiger partial charge < -0.3 is 85.0 Å². The smallest absolute Gasteiger partial charge is 0.422 e. The summed E-state index contributed by atoms with van der Waals surface area (Å²) in [5.41, 5.74) is 8.78. The molecule has 0 aliphatic heterocycles. The molecule has 15 rings (SSSR count). The lowest BCUT2D eigenvalue weighted by molar-refractivity contribution is -0.165. The van der Waals surface area contributed by atoms with E-state index in [4.69, 9.17) is 41.4 Å². The summed E-state index contributed by atoms with van der Waals surface area (Å²) in [6.07, 6.45) is 11.0. The number of alkyl halides is 15. The molecule has 0 unspecified atom stereocenters. The van der Waals surface area contributed by atoms with Crippen LogP contribution in [0.3, 0.4) is 0 Å². The lowest BCUT2D eigenvalue weighted by Crippen LogP contribution is -2.19. The molecular weight excluding hydrogens is 1910 g/mol. The maximum atomic E-state index is 11.9. The number of ether oxygens (including phenoxy) is 10. The van der Waals surface area contributed by atoms with E-state index in [9.17, 15) is 65.9 Å². The molecule has 0 amide bonds. The second kappa shape index (κ2) is 51.4. The van der Waals surface area contributed by atoms with Gasteiger partial charge in [-0.05, 0) is 174 Å². The molecule has 5 fully saturated rings. The van der Waals surface area contributed by atoms with Crippen molar-refractivity contribution in [2.45, 2.75) is 359 Å². The molecule has 0 saturated heterocycles. The first-order chi connectivity index (χ1) is 66.2. The Balaban J connectivity index is 0.000000246. The number of H-pyrrole nitrogens is 4. The lowest BCUT2D eigenvalue weighted by atomic mass is 9.87. The molecule has 4 N–H and O–H groups in total. The van der Waals surface area contributed by atoms with Crippen molar-refractivity contribution in [1.82, 2.24) is 19.9 Å². The fraction of sp³-hybridized carbons (Fsp3) is 0.643. The molecule has 0 bridgehead atoms. The van der Waals surface area contributed by atoms with E-state index in [1.807, 2.05) is 134 Å². The summed E-state index contributed by atoms with van der Waals surface area (Å²) >= 11 is 0. The lowest BCUT2D eigenvalue weighted by Gasteiger charge is -2.18. The molecule has 0 atom stereocenters. The van der Waals surface area contributed by atoms with Gasteiger partial charge in [-0.2, -0.15) is 65.9 Å². The highest BCUT2D eigenvalue weighted by Gasteiger charge is 2.37. The number of furan rings is 4. The van der Waals surface area contributed by atoms with Crippen LogP contribution in [0.4, 0.5) is 65.9 Å². The van der Waals surface area contributed by atoms with Crippen LogP contribution in [-0.2, 0) is 52.8 Å². The molecule has 33 heteroatoms. The third-order valence-corrected chi connectivity index (χ3v) is 22.7. The average Bonchev–Trinajstić information content (AvgIpc) is 1.75. The Kier molecular flexibility index (Phi) is 43.9. The Bertz CT molecular complexity index is 4700. The Morgan fingerprint density at radius 1 is 0.262 bits per heavy atom. The predicted octanol–water partition coefficient (Wildman–Crippen LogP) is 34.0. The average molecular weight is 2070 g/mol. The molecule has 8 aromatic heterocycles. The van der Waals surface area contributed by atoms with Crippen molar-refractivity contribution >= 4 is 0 Å². The van der Waals surface area contributed by atoms with Crippen molar-refractivity contribution in [3.63, 3.8) is 0 Å². The standard InChI is InChI=1S/C13H20O.2C12H19NO.2C12H18O2.C11H15F3O.2C10H14F3NO.2C10H13F3O2/c1-13(2,3)11-6-7-12(8-11)14-9-10-4-5-10;1-12(2,3)11-6-10(7-13-11)14-8-9-4-5-9;1-12(2,3)10-6-7-11(13-10)14-8-9-4-5-9;1-12(2,3)11-6-10(8-14-11)13-7-9-4-5-9;1-12(2,3)10-6-11(14-8-10)13-7-9-4-5-9;1-10(2,3)8-4-5-9(6-8)15-7-11(12,13)14;1-9(2,3)8-4-7(5-14-8)15-6-10(11,12)13;1-9(2,3)7-4-5-8(14-7)15-6-10(11,12)13;1-9(2,3)8-4-7(5-14-8)15-6-10(11,12)13;1-9(2,3)7-4-8(14-5-7)15-6-10(11,12)13/h6,8,10H,4-5,7,9H2,1-3H3;2*6-7,9,13H,4-5,8H2,1-3H3;2*6,8-9H,4-5,7H2,1-3H3;4,6H,5,7H2,1-3H3;2*4-5,14H,6H2,1-3H3;2*4-5H,6H2,1-3H3. The molecule has 8 heterocycles. The van der Waals surface area contributed by atoms with Gasteiger partial charge in [0.25, 0.3) is 11.9 Å². The molecule has 145 heavy (non-hydrogen) atoms. The molecule has 5 saturated carbocycles. The van der Waals surface area contributed by atoms with Gasteiger partial charge in [0.2, 0.25) is 0 Å². The maximum Gasteiger partial charge on any atom is 0.422 e. The van der Waals surface area contributed by atoms with Gasteiger partial charge in [0.1, 0.15) is 41.3 Å². The highest BCUT2D eigenvalue weighted by molar-refractivity contribution is 5.36. The van der Waals surface area contributed by atoms with Gasteiger partial charge in [-0.1, -0.05) is 220 Å². The molecule has 0 radical (unpaired) electrons. The number of nitrogens with one attached hydrogen (secondary N) is 4. The van der Waals surface area contributed by atoms with Gasteiger partial charge in [-0.25, -0.2) is 0 Å². The molecule has 0 spiro atoms. The molecule has 7 aliphatic carbocycles. The van der Waals surface area contributed by atoms with Crippen molar-refractivity contribution in [1.29, 1.82) is 0 Å². The van der Waals surface area contributed by atoms with Gasteiger partial charge in [0.05, 0.1) is 51.3 Å². The minimum Gasteiger partial charge on any atom is -0.497 e. The summed E-state index contributed by atoms with van der Waals surface area (Å²) in [4.78, 5) is 12.3. The quantitative estimate of drug-likeness (QED) is 0.0393. The van der Waals surface area contributed by atoms with Crippen LogP contribution in [0.1, 0.15) is 330 Å². The van der Waals surface area contributed by atoms with E-state index in [0.29, 0.717) is 23.9 Å². The summed E-state index contributed by atoms with van der Waals surface area (Å²) < 4.78 is 249. The zero-order valence-corrected chi connectivity index (χ0v) is 90.9. The first-order valence-corrected chi connectivity index (χ1v) is 49.8. The number of allylic oxidation sites excluding steroid dienone is 6. The third-order valence-electron chi connectivity index (χ3n) is 22.7. The van der Waals surface area contributed by atoms with Crippen LogP contribution in [0.2, 0.25) is 0 Å². The van der Waals surface area contributed by atoms with Crippen molar-refractivity contribution in [2.24, 2.45) is 40.4 Å². The number of hydrogen-bond acceptors (Lipinski definition) is 14. The third kappa shape index (κ3) is 53.0. The van der Waals surface area contributed by atoms with Crippen LogP contribution < -0.4 is 37.9 Å². The number of halogens is 15. The van der Waals surface area contributed by atoms with Crippen LogP contribution in [0.25, 0.3) is 0 Å². The topological polar surface area (TPSA) is 208 Å². The largest absolute Gasteiger partial charge is 0.497 e. The highest BCUT2D eigenvalue weighted by Crippen LogP contribution is 2.42. The van der Waals surface area contributed by atoms with E-state index < -0.39 is 63.9 Å². The van der Waals surface area contributed by atoms with Gasteiger partial charge in [0.15, 0.2) is 56.3 Å². The van der Waals surface area contributed by atoms with Crippen molar-refractivity contribution in [3.05, 3.63) is 191 Å². The summed E-state index contributed by atoms with van der Waals surface area (Å²) in [5, 5.41) is 0. The second-order valence-corrected chi connectivity index (χ2v) is 48.3. The molecule has 0 aromatic carbocycles. The summed E-state index contributed by atoms with van der Waals surface area (Å²) in [7, 11) is 0. The van der Waals surface area contributed by atoms with E-state index in [1.54, 1.807) is 30.7 Å². The fourth-order valence-corrected chi connectivity index (χ4v) is 12.3. The predicted molar refractivity (Wildman–Crippen MR) is 538 cm³/mol. The Morgan fingerprint density at radius 2 is 0.552 bits per heavy atom. The van der Waals surface area contributed by atoms with Crippen LogP contribution in [0, 0.1) is 40.4 Å².